The molecule has 0 saturated heterocycles. The molecule has 0 unspecified atom stereocenters. The molecule has 4 heteroatoms. The maximum absolute atomic E-state index is 13.2. The van der Waals surface area contributed by atoms with Crippen molar-refractivity contribution in [2.75, 3.05) is 5.32 Å². The van der Waals surface area contributed by atoms with Crippen molar-refractivity contribution in [2.45, 2.75) is 53.7 Å². The Morgan fingerprint density at radius 2 is 1.89 bits per heavy atom. The number of aromatic nitrogens is 1. The van der Waals surface area contributed by atoms with Gasteiger partial charge in [-0.05, 0) is 69.5 Å². The zero-order valence-electron chi connectivity index (χ0n) is 16.8. The average Bonchev–Trinajstić information content (AvgIpc) is 2.94. The van der Waals surface area contributed by atoms with Crippen LogP contribution in [0.1, 0.15) is 49.3 Å². The smallest absolute Gasteiger partial charge is 0.272 e. The number of carbonyl (C=O) groups is 1. The van der Waals surface area contributed by atoms with Crippen LogP contribution in [0, 0.1) is 6.92 Å². The molecular weight excluding hydrogens is 336 g/mol. The summed E-state index contributed by atoms with van der Waals surface area (Å²) in [5.41, 5.74) is 4.80. The number of para-hydroxylation sites is 2. The number of carbonyl (C=O) groups excluding carboxylic acids is 1. The van der Waals surface area contributed by atoms with Crippen LogP contribution < -0.4 is 10.1 Å². The number of ether oxygens (including phenoxy) is 1. The molecule has 0 aliphatic carbocycles. The van der Waals surface area contributed by atoms with Crippen molar-refractivity contribution in [3.8, 4) is 5.75 Å². The molecule has 0 aliphatic rings. The summed E-state index contributed by atoms with van der Waals surface area (Å²) in [5.74, 6) is 0.578. The minimum absolute atomic E-state index is 0.0411. The van der Waals surface area contributed by atoms with Gasteiger partial charge in [0.15, 0.2) is 0 Å². The first-order chi connectivity index (χ1) is 13.0. The van der Waals surface area contributed by atoms with Crippen LogP contribution in [-0.2, 0) is 13.0 Å². The molecule has 2 aromatic carbocycles. The molecule has 27 heavy (non-hydrogen) atoms. The first-order valence-corrected chi connectivity index (χ1v) is 9.65. The molecule has 3 rings (SSSR count). The fourth-order valence-electron chi connectivity index (χ4n) is 3.52. The number of nitrogens with one attached hydrogen (secondary N) is 1. The van der Waals surface area contributed by atoms with E-state index in [0.717, 1.165) is 29.4 Å². The molecule has 0 saturated carbocycles. The summed E-state index contributed by atoms with van der Waals surface area (Å²) in [6.45, 7) is 10.9. The predicted octanol–water partition coefficient (Wildman–Crippen LogP) is 5.57. The summed E-state index contributed by atoms with van der Waals surface area (Å²) < 4.78 is 7.93. The van der Waals surface area contributed by atoms with E-state index in [2.05, 4.69) is 41.9 Å². The summed E-state index contributed by atoms with van der Waals surface area (Å²) >= 11 is 0. The Morgan fingerprint density at radius 3 is 2.56 bits per heavy atom. The second-order valence-corrected chi connectivity index (χ2v) is 7.04. The standard InChI is InChI=1S/C23H28N2O2/c1-6-17-12-13-20-18(14-17)16(5)22(25(20)7-2)23(26)24-19-10-8-9-11-21(19)27-15(3)4/h8-15H,6-7H2,1-5H3,(H,24,26). The first kappa shape index (κ1) is 19.0. The third kappa shape index (κ3) is 3.70. The molecule has 142 valence electrons. The Bertz CT molecular complexity index is 970. The lowest BCUT2D eigenvalue weighted by molar-refractivity contribution is 0.101. The molecule has 3 aromatic rings. The number of rotatable bonds is 6. The number of nitrogens with zero attached hydrogens (tertiary/aromatic N) is 1. The molecule has 0 aliphatic heterocycles. The SMILES string of the molecule is CCc1ccc2c(c1)c(C)c(C(=O)Nc1ccccc1OC(C)C)n2CC. The zero-order valence-corrected chi connectivity index (χ0v) is 16.8. The van der Waals surface area contributed by atoms with Crippen LogP contribution in [0.5, 0.6) is 5.75 Å². The molecule has 0 spiro atoms. The van der Waals surface area contributed by atoms with Crippen LogP contribution in [0.3, 0.4) is 0 Å². The molecular formula is C23H28N2O2. The van der Waals surface area contributed by atoms with Crippen LogP contribution in [0.4, 0.5) is 5.69 Å². The number of hydrogen-bond donors (Lipinski definition) is 1. The predicted molar refractivity (Wildman–Crippen MR) is 112 cm³/mol. The number of fused-ring (bicyclic) bond motifs is 1. The third-order valence-electron chi connectivity index (χ3n) is 4.82. The highest BCUT2D eigenvalue weighted by atomic mass is 16.5. The Labute approximate surface area is 161 Å². The van der Waals surface area contributed by atoms with Gasteiger partial charge >= 0.3 is 0 Å². The fourth-order valence-corrected chi connectivity index (χ4v) is 3.52. The Hall–Kier alpha value is -2.75. The molecule has 1 aromatic heterocycles. The minimum Gasteiger partial charge on any atom is -0.489 e. The van der Waals surface area contributed by atoms with Crippen molar-refractivity contribution in [1.29, 1.82) is 0 Å². The van der Waals surface area contributed by atoms with E-state index >= 15 is 0 Å². The number of aryl methyl sites for hydroxylation is 3. The summed E-state index contributed by atoms with van der Waals surface area (Å²) in [4.78, 5) is 13.2. The van der Waals surface area contributed by atoms with E-state index in [1.165, 1.54) is 5.56 Å². The molecule has 0 radical (unpaired) electrons. The summed E-state index contributed by atoms with van der Waals surface area (Å²) in [7, 11) is 0. The van der Waals surface area contributed by atoms with Crippen molar-refractivity contribution in [1.82, 2.24) is 4.57 Å². The van der Waals surface area contributed by atoms with Crippen LogP contribution in [0.25, 0.3) is 10.9 Å². The van der Waals surface area contributed by atoms with Crippen LogP contribution in [0.2, 0.25) is 0 Å². The lowest BCUT2D eigenvalue weighted by Crippen LogP contribution is -2.19. The molecule has 1 amide bonds. The highest BCUT2D eigenvalue weighted by Crippen LogP contribution is 2.30. The van der Waals surface area contributed by atoms with Gasteiger partial charge in [0, 0.05) is 17.4 Å². The molecule has 1 heterocycles. The van der Waals surface area contributed by atoms with Crippen molar-refractivity contribution in [3.05, 3.63) is 59.3 Å². The first-order valence-electron chi connectivity index (χ1n) is 9.65. The lowest BCUT2D eigenvalue weighted by Gasteiger charge is -2.15. The minimum atomic E-state index is -0.108. The van der Waals surface area contributed by atoms with Gasteiger partial charge in [0.05, 0.1) is 11.8 Å². The van der Waals surface area contributed by atoms with Crippen molar-refractivity contribution in [2.24, 2.45) is 0 Å². The summed E-state index contributed by atoms with van der Waals surface area (Å²) in [6, 6.07) is 14.0. The van der Waals surface area contributed by atoms with E-state index < -0.39 is 0 Å². The zero-order chi connectivity index (χ0) is 19.6. The maximum atomic E-state index is 13.2. The van der Waals surface area contributed by atoms with E-state index in [9.17, 15) is 4.79 Å². The highest BCUT2D eigenvalue weighted by molar-refractivity contribution is 6.09. The quantitative estimate of drug-likeness (QED) is 0.621. The van der Waals surface area contributed by atoms with Gasteiger partial charge in [0.1, 0.15) is 11.4 Å². The molecule has 1 N–H and O–H groups in total. The van der Waals surface area contributed by atoms with Gasteiger partial charge < -0.3 is 14.6 Å². The van der Waals surface area contributed by atoms with Gasteiger partial charge in [-0.2, -0.15) is 0 Å². The number of benzene rings is 2. The third-order valence-corrected chi connectivity index (χ3v) is 4.82. The molecule has 4 nitrogen and oxygen atoms in total. The lowest BCUT2D eigenvalue weighted by atomic mass is 10.1. The number of hydrogen-bond acceptors (Lipinski definition) is 2. The molecule has 0 atom stereocenters. The van der Waals surface area contributed by atoms with Gasteiger partial charge in [-0.15, -0.1) is 0 Å². The number of anilines is 1. The Balaban J connectivity index is 2.03. The van der Waals surface area contributed by atoms with Gasteiger partial charge in [0.2, 0.25) is 0 Å². The largest absolute Gasteiger partial charge is 0.489 e. The van der Waals surface area contributed by atoms with Crippen molar-refractivity contribution >= 4 is 22.5 Å². The van der Waals surface area contributed by atoms with E-state index in [0.29, 0.717) is 17.1 Å². The number of amides is 1. The Morgan fingerprint density at radius 1 is 1.15 bits per heavy atom. The van der Waals surface area contributed by atoms with E-state index in [4.69, 9.17) is 4.74 Å². The Kier molecular flexibility index (Phi) is 5.54. The van der Waals surface area contributed by atoms with Gasteiger partial charge in [-0.3, -0.25) is 4.79 Å². The summed E-state index contributed by atoms with van der Waals surface area (Å²) in [5, 5.41) is 4.20. The van der Waals surface area contributed by atoms with Crippen molar-refractivity contribution < 1.29 is 9.53 Å². The van der Waals surface area contributed by atoms with Gasteiger partial charge in [0.25, 0.3) is 5.91 Å². The van der Waals surface area contributed by atoms with E-state index in [1.807, 2.05) is 45.0 Å². The summed E-state index contributed by atoms with van der Waals surface area (Å²) in [6.07, 6.45) is 1.02. The average molecular weight is 364 g/mol. The molecule has 0 bridgehead atoms. The fraction of sp³-hybridized carbons (Fsp3) is 0.348. The van der Waals surface area contributed by atoms with Crippen molar-refractivity contribution in [3.63, 3.8) is 0 Å². The topological polar surface area (TPSA) is 43.3 Å². The molecule has 0 fully saturated rings. The highest BCUT2D eigenvalue weighted by Gasteiger charge is 2.21. The van der Waals surface area contributed by atoms with Crippen LogP contribution >= 0.6 is 0 Å². The monoisotopic (exact) mass is 364 g/mol. The van der Waals surface area contributed by atoms with E-state index in [1.54, 1.807) is 0 Å². The second-order valence-electron chi connectivity index (χ2n) is 7.04. The van der Waals surface area contributed by atoms with Gasteiger partial charge in [-0.1, -0.05) is 25.1 Å². The second kappa shape index (κ2) is 7.87. The van der Waals surface area contributed by atoms with Gasteiger partial charge in [-0.25, -0.2) is 0 Å². The maximum Gasteiger partial charge on any atom is 0.272 e. The normalized spacial score (nSPS) is 11.2. The van der Waals surface area contributed by atoms with Crippen LogP contribution in [0.15, 0.2) is 42.5 Å². The van der Waals surface area contributed by atoms with Crippen LogP contribution in [-0.4, -0.2) is 16.6 Å². The van der Waals surface area contributed by atoms with E-state index in [-0.39, 0.29) is 12.0 Å².